The van der Waals surface area contributed by atoms with E-state index in [9.17, 15) is 4.39 Å². The van der Waals surface area contributed by atoms with Crippen LogP contribution in [0.25, 0.3) is 11.1 Å². The molecule has 0 saturated heterocycles. The molecule has 0 atom stereocenters. The van der Waals surface area contributed by atoms with Gasteiger partial charge in [0.25, 0.3) is 0 Å². The van der Waals surface area contributed by atoms with E-state index in [2.05, 4.69) is 0 Å². The number of aliphatic hydroxyl groups is 1. The van der Waals surface area contributed by atoms with Crippen molar-refractivity contribution in [1.82, 2.24) is 0 Å². The average Bonchev–Trinajstić information content (AvgIpc) is 2.33. The molecule has 0 bridgehead atoms. The molecule has 1 nitrogen and oxygen atoms in total. The van der Waals surface area contributed by atoms with Gasteiger partial charge in [-0.15, -0.1) is 0 Å². The van der Waals surface area contributed by atoms with Gasteiger partial charge in [-0.2, -0.15) is 0 Å². The number of rotatable bonds is 2. The summed E-state index contributed by atoms with van der Waals surface area (Å²) in [5.41, 5.74) is 1.09. The minimum Gasteiger partial charge on any atom is -0.392 e. The summed E-state index contributed by atoms with van der Waals surface area (Å²) in [5, 5.41) is 9.92. The van der Waals surface area contributed by atoms with E-state index in [1.165, 1.54) is 6.07 Å². The van der Waals surface area contributed by atoms with Crippen LogP contribution < -0.4 is 0 Å². The van der Waals surface area contributed by atoms with Gasteiger partial charge in [0.15, 0.2) is 0 Å². The van der Waals surface area contributed by atoms with Crippen molar-refractivity contribution in [3.05, 3.63) is 57.8 Å². The molecule has 0 aromatic heterocycles. The normalized spacial score (nSPS) is 10.6. The summed E-state index contributed by atoms with van der Waals surface area (Å²) in [6.45, 7) is -0.349. The lowest BCUT2D eigenvalue weighted by Gasteiger charge is -2.09. The lowest BCUT2D eigenvalue weighted by Crippen LogP contribution is -1.93. The van der Waals surface area contributed by atoms with Crippen molar-refractivity contribution in [2.45, 2.75) is 6.61 Å². The fourth-order valence-electron chi connectivity index (χ4n) is 1.61. The Hall–Kier alpha value is -1.09. The van der Waals surface area contributed by atoms with Crippen molar-refractivity contribution in [3.8, 4) is 11.1 Å². The Morgan fingerprint density at radius 3 is 2.53 bits per heavy atom. The van der Waals surface area contributed by atoms with Crippen LogP contribution in [0.5, 0.6) is 0 Å². The van der Waals surface area contributed by atoms with Crippen LogP contribution in [0.1, 0.15) is 5.56 Å². The Kier molecular flexibility index (Phi) is 3.67. The first-order chi connectivity index (χ1) is 8.13. The van der Waals surface area contributed by atoms with Crippen molar-refractivity contribution in [1.29, 1.82) is 0 Å². The van der Waals surface area contributed by atoms with E-state index in [1.807, 2.05) is 0 Å². The maximum absolute atomic E-state index is 14.0. The van der Waals surface area contributed by atoms with Crippen molar-refractivity contribution in [2.24, 2.45) is 0 Å². The van der Waals surface area contributed by atoms with Gasteiger partial charge in [0, 0.05) is 26.7 Å². The molecule has 0 aliphatic rings. The minimum atomic E-state index is -0.473. The van der Waals surface area contributed by atoms with Gasteiger partial charge in [-0.1, -0.05) is 41.4 Å². The summed E-state index contributed by atoms with van der Waals surface area (Å²) in [7, 11) is 0. The SMILES string of the molecule is OCc1cccc(-c2cc(Cl)ccc2Cl)c1F. The first-order valence-electron chi connectivity index (χ1n) is 4.97. The van der Waals surface area contributed by atoms with E-state index < -0.39 is 5.82 Å². The lowest BCUT2D eigenvalue weighted by atomic mass is 10.0. The van der Waals surface area contributed by atoms with Gasteiger partial charge in [0.1, 0.15) is 5.82 Å². The van der Waals surface area contributed by atoms with Crippen molar-refractivity contribution in [3.63, 3.8) is 0 Å². The molecular formula is C13H9Cl2FO. The number of hydrogen-bond acceptors (Lipinski definition) is 1. The molecule has 4 heteroatoms. The fourth-order valence-corrected chi connectivity index (χ4v) is 2.01. The molecule has 0 spiro atoms. The summed E-state index contributed by atoms with van der Waals surface area (Å²) in [5.74, 6) is -0.473. The van der Waals surface area contributed by atoms with E-state index in [1.54, 1.807) is 30.3 Å². The summed E-state index contributed by atoms with van der Waals surface area (Å²) in [6, 6.07) is 9.65. The molecule has 2 aromatic rings. The Labute approximate surface area is 108 Å². The summed E-state index contributed by atoms with van der Waals surface area (Å²) in [4.78, 5) is 0. The monoisotopic (exact) mass is 270 g/mol. The number of aliphatic hydroxyl groups excluding tert-OH is 1. The predicted molar refractivity (Wildman–Crippen MR) is 67.8 cm³/mol. The van der Waals surface area contributed by atoms with E-state index in [0.717, 1.165) is 0 Å². The van der Waals surface area contributed by atoms with Gasteiger partial charge in [-0.3, -0.25) is 0 Å². The zero-order chi connectivity index (χ0) is 12.4. The average molecular weight is 271 g/mol. The molecule has 0 fully saturated rings. The van der Waals surface area contributed by atoms with Gasteiger partial charge in [-0.25, -0.2) is 4.39 Å². The maximum atomic E-state index is 14.0. The van der Waals surface area contributed by atoms with Crippen LogP contribution in [0.4, 0.5) is 4.39 Å². The maximum Gasteiger partial charge on any atom is 0.136 e. The highest BCUT2D eigenvalue weighted by atomic mass is 35.5. The topological polar surface area (TPSA) is 20.2 Å². The molecule has 0 aliphatic carbocycles. The van der Waals surface area contributed by atoms with Crippen molar-refractivity contribution in [2.75, 3.05) is 0 Å². The predicted octanol–water partition coefficient (Wildman–Crippen LogP) is 4.29. The molecule has 1 N–H and O–H groups in total. The molecule has 0 heterocycles. The van der Waals surface area contributed by atoms with Crippen LogP contribution in [0.2, 0.25) is 10.0 Å². The molecule has 0 amide bonds. The lowest BCUT2D eigenvalue weighted by molar-refractivity contribution is 0.276. The van der Waals surface area contributed by atoms with E-state index in [4.69, 9.17) is 28.3 Å². The molecule has 0 aliphatic heterocycles. The highest BCUT2D eigenvalue weighted by molar-refractivity contribution is 6.35. The summed E-state index contributed by atoms with van der Waals surface area (Å²) < 4.78 is 14.0. The van der Waals surface area contributed by atoms with Gasteiger partial charge in [-0.05, 0) is 18.2 Å². The van der Waals surface area contributed by atoms with E-state index in [-0.39, 0.29) is 12.2 Å². The molecule has 88 valence electrons. The molecule has 0 radical (unpaired) electrons. The Balaban J connectivity index is 2.64. The summed E-state index contributed by atoms with van der Waals surface area (Å²) in [6.07, 6.45) is 0. The second-order valence-electron chi connectivity index (χ2n) is 3.56. The number of benzene rings is 2. The fraction of sp³-hybridized carbons (Fsp3) is 0.0769. The first kappa shape index (κ1) is 12.4. The van der Waals surface area contributed by atoms with Crippen LogP contribution >= 0.6 is 23.2 Å². The first-order valence-corrected chi connectivity index (χ1v) is 5.72. The van der Waals surface area contributed by atoms with Gasteiger partial charge in [0.05, 0.1) is 6.61 Å². The van der Waals surface area contributed by atoms with Gasteiger partial charge < -0.3 is 5.11 Å². The number of halogens is 3. The van der Waals surface area contributed by atoms with Crippen LogP contribution in [-0.4, -0.2) is 5.11 Å². The van der Waals surface area contributed by atoms with Gasteiger partial charge in [0.2, 0.25) is 0 Å². The van der Waals surface area contributed by atoms with Crippen LogP contribution in [0, 0.1) is 5.82 Å². The third-order valence-electron chi connectivity index (χ3n) is 2.47. The zero-order valence-corrected chi connectivity index (χ0v) is 10.3. The molecular weight excluding hydrogens is 262 g/mol. The smallest absolute Gasteiger partial charge is 0.136 e. The highest BCUT2D eigenvalue weighted by Crippen LogP contribution is 2.33. The van der Waals surface area contributed by atoms with Crippen LogP contribution in [0.15, 0.2) is 36.4 Å². The van der Waals surface area contributed by atoms with Crippen LogP contribution in [-0.2, 0) is 6.61 Å². The van der Waals surface area contributed by atoms with Crippen LogP contribution in [0.3, 0.4) is 0 Å². The summed E-state index contributed by atoms with van der Waals surface area (Å²) >= 11 is 11.9. The third-order valence-corrected chi connectivity index (χ3v) is 3.03. The van der Waals surface area contributed by atoms with Crippen molar-refractivity contribution >= 4 is 23.2 Å². The molecule has 17 heavy (non-hydrogen) atoms. The Morgan fingerprint density at radius 1 is 1.06 bits per heavy atom. The van der Waals surface area contributed by atoms with Crippen molar-refractivity contribution < 1.29 is 9.50 Å². The molecule has 0 saturated carbocycles. The Bertz CT molecular complexity index is 555. The standard InChI is InChI=1S/C13H9Cl2FO/c14-9-4-5-12(15)11(6-9)10-3-1-2-8(7-17)13(10)16/h1-6,17H,7H2. The molecule has 0 unspecified atom stereocenters. The highest BCUT2D eigenvalue weighted by Gasteiger charge is 2.12. The molecule has 2 rings (SSSR count). The van der Waals surface area contributed by atoms with E-state index >= 15 is 0 Å². The molecule has 2 aromatic carbocycles. The zero-order valence-electron chi connectivity index (χ0n) is 8.75. The number of hydrogen-bond donors (Lipinski definition) is 1. The Morgan fingerprint density at radius 2 is 1.82 bits per heavy atom. The third kappa shape index (κ3) is 2.44. The largest absolute Gasteiger partial charge is 0.392 e. The second-order valence-corrected chi connectivity index (χ2v) is 4.40. The second kappa shape index (κ2) is 5.05. The quantitative estimate of drug-likeness (QED) is 0.863. The van der Waals surface area contributed by atoms with E-state index in [0.29, 0.717) is 21.2 Å². The van der Waals surface area contributed by atoms with Gasteiger partial charge >= 0.3 is 0 Å². The minimum absolute atomic E-state index is 0.235.